The van der Waals surface area contributed by atoms with E-state index in [4.69, 9.17) is 5.11 Å². The smallest absolute Gasteiger partial charge is 0.121 e. The maximum atomic E-state index is 8.31. The van der Waals surface area contributed by atoms with Gasteiger partial charge in [-0.15, -0.1) is 12.6 Å². The topological polar surface area (TPSA) is 24.7 Å². The molecule has 0 aliphatic rings. The molecular formula is C4H12ClNOS. The molecule has 0 aliphatic carbocycles. The van der Waals surface area contributed by atoms with Gasteiger partial charge in [0.2, 0.25) is 0 Å². The first kappa shape index (κ1) is 11.4. The highest BCUT2D eigenvalue weighted by Gasteiger charge is 1.91. The summed E-state index contributed by atoms with van der Waals surface area (Å²) in [4.78, 5) is 1.24. The monoisotopic (exact) mass is 157 g/mol. The molecule has 0 rings (SSSR count). The Bertz CT molecular complexity index is 47.0. The lowest BCUT2D eigenvalue weighted by molar-refractivity contribution is -0.866. The SMILES string of the molecule is C[NH+](CS)CCO.[Cl-]. The fraction of sp³-hybridized carbons (Fsp3) is 1.00. The molecule has 0 aromatic heterocycles. The normalized spacial score (nSPS) is 12.4. The van der Waals surface area contributed by atoms with E-state index in [-0.39, 0.29) is 19.0 Å². The maximum absolute atomic E-state index is 8.31. The van der Waals surface area contributed by atoms with Crippen LogP contribution in [-0.4, -0.2) is 31.2 Å². The molecule has 0 aromatic rings. The third kappa shape index (κ3) is 6.56. The van der Waals surface area contributed by atoms with Crippen LogP contribution in [0.2, 0.25) is 0 Å². The van der Waals surface area contributed by atoms with Crippen LogP contribution in [0.1, 0.15) is 0 Å². The maximum Gasteiger partial charge on any atom is 0.121 e. The summed E-state index contributed by atoms with van der Waals surface area (Å²) in [6.45, 7) is 1.05. The molecule has 0 saturated carbocycles. The molecule has 0 saturated heterocycles. The van der Waals surface area contributed by atoms with E-state index in [2.05, 4.69) is 12.6 Å². The number of rotatable bonds is 3. The zero-order valence-electron chi connectivity index (χ0n) is 4.89. The molecule has 0 fully saturated rings. The summed E-state index contributed by atoms with van der Waals surface area (Å²) in [6, 6.07) is 0. The average Bonchev–Trinajstić information content (AvgIpc) is 1.68. The minimum Gasteiger partial charge on any atom is -1.00 e. The van der Waals surface area contributed by atoms with Gasteiger partial charge in [-0.25, -0.2) is 0 Å². The second kappa shape index (κ2) is 7.56. The Kier molecular flexibility index (Phi) is 10.7. The standard InChI is InChI=1S/C4H11NOS.ClH/c1-5(4-7)2-3-6;/h6-7H,2-4H2,1H3;1H. The van der Waals surface area contributed by atoms with Gasteiger partial charge in [0.05, 0.1) is 13.7 Å². The van der Waals surface area contributed by atoms with Gasteiger partial charge in [0.1, 0.15) is 12.4 Å². The Hall–Kier alpha value is 0.560. The summed E-state index contributed by atoms with van der Waals surface area (Å²) >= 11 is 4.00. The average molecular weight is 158 g/mol. The molecule has 0 heterocycles. The van der Waals surface area contributed by atoms with Crippen molar-refractivity contribution >= 4 is 12.6 Å². The number of hydrogen-bond acceptors (Lipinski definition) is 2. The van der Waals surface area contributed by atoms with Crippen molar-refractivity contribution < 1.29 is 22.4 Å². The van der Waals surface area contributed by atoms with Crippen LogP contribution in [0.5, 0.6) is 0 Å². The van der Waals surface area contributed by atoms with Crippen LogP contribution in [0.15, 0.2) is 0 Å². The van der Waals surface area contributed by atoms with Crippen molar-refractivity contribution in [3.8, 4) is 0 Å². The summed E-state index contributed by atoms with van der Waals surface area (Å²) in [5, 5.41) is 8.31. The van der Waals surface area contributed by atoms with E-state index in [0.29, 0.717) is 0 Å². The molecular weight excluding hydrogens is 146 g/mol. The third-order valence-corrected chi connectivity index (χ3v) is 1.35. The summed E-state index contributed by atoms with van der Waals surface area (Å²) in [7, 11) is 1.99. The van der Waals surface area contributed by atoms with Crippen molar-refractivity contribution in [1.82, 2.24) is 0 Å². The molecule has 0 aliphatic heterocycles. The number of aliphatic hydroxyl groups is 1. The van der Waals surface area contributed by atoms with Gasteiger partial charge in [0, 0.05) is 0 Å². The Morgan fingerprint density at radius 2 is 2.12 bits per heavy atom. The predicted octanol–water partition coefficient (Wildman–Crippen LogP) is -4.62. The highest BCUT2D eigenvalue weighted by molar-refractivity contribution is 7.79. The summed E-state index contributed by atoms with van der Waals surface area (Å²) in [5.41, 5.74) is 0. The van der Waals surface area contributed by atoms with Crippen LogP contribution in [0.4, 0.5) is 0 Å². The Morgan fingerprint density at radius 1 is 1.62 bits per heavy atom. The third-order valence-electron chi connectivity index (χ3n) is 0.808. The lowest BCUT2D eigenvalue weighted by Crippen LogP contribution is -3.08. The molecule has 1 atom stereocenters. The Morgan fingerprint density at radius 3 is 2.25 bits per heavy atom. The molecule has 52 valence electrons. The van der Waals surface area contributed by atoms with Gasteiger partial charge in [0.15, 0.2) is 0 Å². The van der Waals surface area contributed by atoms with Crippen molar-refractivity contribution in [1.29, 1.82) is 0 Å². The van der Waals surface area contributed by atoms with Gasteiger partial charge in [-0.1, -0.05) is 0 Å². The molecule has 0 amide bonds. The van der Waals surface area contributed by atoms with E-state index in [1.165, 1.54) is 4.90 Å². The first-order valence-electron chi connectivity index (χ1n) is 2.34. The number of likely N-dealkylation sites (N-methyl/N-ethyl adjacent to an activating group) is 1. The van der Waals surface area contributed by atoms with Crippen LogP contribution < -0.4 is 17.3 Å². The predicted molar refractivity (Wildman–Crippen MR) is 32.7 cm³/mol. The van der Waals surface area contributed by atoms with Crippen molar-refractivity contribution in [2.45, 2.75) is 0 Å². The second-order valence-corrected chi connectivity index (χ2v) is 1.91. The van der Waals surface area contributed by atoms with Crippen molar-refractivity contribution in [2.75, 3.05) is 26.1 Å². The molecule has 0 bridgehead atoms. The van der Waals surface area contributed by atoms with E-state index in [0.717, 1.165) is 12.4 Å². The lowest BCUT2D eigenvalue weighted by atomic mass is 10.6. The Balaban J connectivity index is 0. The van der Waals surface area contributed by atoms with Crippen molar-refractivity contribution in [3.63, 3.8) is 0 Å². The van der Waals surface area contributed by atoms with Gasteiger partial charge in [0.25, 0.3) is 0 Å². The number of aliphatic hydroxyl groups excluding tert-OH is 1. The number of hydrogen-bond donors (Lipinski definition) is 3. The molecule has 4 heteroatoms. The van der Waals surface area contributed by atoms with E-state index >= 15 is 0 Å². The van der Waals surface area contributed by atoms with E-state index in [1.54, 1.807) is 0 Å². The zero-order chi connectivity index (χ0) is 5.70. The molecule has 0 aromatic carbocycles. The molecule has 0 radical (unpaired) electrons. The number of halogens is 1. The molecule has 0 spiro atoms. The number of nitrogens with one attached hydrogen (secondary N) is 1. The van der Waals surface area contributed by atoms with Crippen molar-refractivity contribution in [3.05, 3.63) is 0 Å². The van der Waals surface area contributed by atoms with Crippen LogP contribution in [-0.2, 0) is 0 Å². The molecule has 2 nitrogen and oxygen atoms in total. The Labute approximate surface area is 61.7 Å². The van der Waals surface area contributed by atoms with E-state index < -0.39 is 0 Å². The molecule has 8 heavy (non-hydrogen) atoms. The van der Waals surface area contributed by atoms with Gasteiger partial charge >= 0.3 is 0 Å². The van der Waals surface area contributed by atoms with Crippen LogP contribution in [0.3, 0.4) is 0 Å². The largest absolute Gasteiger partial charge is 1.00 e. The fourth-order valence-corrected chi connectivity index (χ4v) is 0.428. The number of thiol groups is 1. The van der Waals surface area contributed by atoms with Gasteiger partial charge in [-0.05, 0) is 0 Å². The summed E-state index contributed by atoms with van der Waals surface area (Å²) < 4.78 is 0. The highest BCUT2D eigenvalue weighted by atomic mass is 35.5. The lowest BCUT2D eigenvalue weighted by Gasteiger charge is -2.06. The summed E-state index contributed by atoms with van der Waals surface area (Å²) in [6.07, 6.45) is 0. The van der Waals surface area contributed by atoms with Gasteiger partial charge in [-0.3, -0.25) is 0 Å². The van der Waals surface area contributed by atoms with Crippen LogP contribution in [0.25, 0.3) is 0 Å². The van der Waals surface area contributed by atoms with E-state index in [1.807, 2.05) is 7.05 Å². The van der Waals surface area contributed by atoms with Gasteiger partial charge < -0.3 is 22.4 Å². The first-order chi connectivity index (χ1) is 3.31. The molecule has 1 unspecified atom stereocenters. The minimum absolute atomic E-state index is 0. The number of quaternary nitrogens is 1. The zero-order valence-corrected chi connectivity index (χ0v) is 6.54. The van der Waals surface area contributed by atoms with Crippen LogP contribution >= 0.6 is 12.6 Å². The second-order valence-electron chi connectivity index (χ2n) is 1.59. The summed E-state index contributed by atoms with van der Waals surface area (Å²) in [5.74, 6) is 0.792. The molecule has 2 N–H and O–H groups in total. The van der Waals surface area contributed by atoms with Gasteiger partial charge in [-0.2, -0.15) is 0 Å². The van der Waals surface area contributed by atoms with Crippen molar-refractivity contribution in [2.24, 2.45) is 0 Å². The fourth-order valence-electron chi connectivity index (χ4n) is 0.270. The highest BCUT2D eigenvalue weighted by Crippen LogP contribution is 1.52. The van der Waals surface area contributed by atoms with Crippen LogP contribution in [0, 0.1) is 0 Å². The van der Waals surface area contributed by atoms with E-state index in [9.17, 15) is 0 Å². The first-order valence-corrected chi connectivity index (χ1v) is 2.97. The minimum atomic E-state index is 0. The quantitative estimate of drug-likeness (QED) is 0.279.